The van der Waals surface area contributed by atoms with E-state index in [1.165, 1.54) is 0 Å². The van der Waals surface area contributed by atoms with Crippen LogP contribution in [0.2, 0.25) is 80.4 Å². The van der Waals surface area contributed by atoms with E-state index in [1.807, 2.05) is 0 Å². The zero-order valence-corrected chi connectivity index (χ0v) is 39.3. The van der Waals surface area contributed by atoms with Crippen molar-refractivity contribution < 1.29 is 17.1 Å². The van der Waals surface area contributed by atoms with Crippen LogP contribution in [-0.4, -0.2) is 29.9 Å². The number of aromatic nitrogens is 8. The predicted molar refractivity (Wildman–Crippen MR) is 234 cm³/mol. The van der Waals surface area contributed by atoms with Gasteiger partial charge >= 0.3 is 17.1 Å². The van der Waals surface area contributed by atoms with Crippen molar-refractivity contribution in [3.63, 3.8) is 0 Å². The molecule has 0 atom stereocenters. The second kappa shape index (κ2) is 15.3. The minimum absolute atomic E-state index is 0. The monoisotopic (exact) mass is 1110 g/mol. The summed E-state index contributed by atoms with van der Waals surface area (Å²) in [6.07, 6.45) is 0. The average Bonchev–Trinajstić information content (AvgIpc) is 3.92. The second-order valence-corrected chi connectivity index (χ2v) is 17.6. The molecule has 0 saturated heterocycles. The maximum atomic E-state index is 6.82. The fourth-order valence-corrected chi connectivity index (χ4v) is 10.2. The number of halogens is 16. The third-order valence-electron chi connectivity index (χ3n) is 8.55. The van der Waals surface area contributed by atoms with Gasteiger partial charge in [-0.25, -0.2) is 9.97 Å². The molecule has 7 aromatic rings. The first-order valence-corrected chi connectivity index (χ1v) is 20.6. The van der Waals surface area contributed by atoms with E-state index < -0.39 is 0 Å². The number of nitrogens with zero attached hydrogens (tertiary/aromatic N) is 8. The number of hydrogen-bond donors (Lipinski definition) is 0. The summed E-state index contributed by atoms with van der Waals surface area (Å²) in [6.45, 7) is 0. The Morgan fingerprint density at radius 2 is 0.404 bits per heavy atom. The molecule has 9 rings (SSSR count). The Morgan fingerprint density at radius 1 is 0.228 bits per heavy atom. The van der Waals surface area contributed by atoms with Gasteiger partial charge in [-0.15, -0.1) is 0 Å². The smallest absolute Gasteiger partial charge is 0.357 e. The van der Waals surface area contributed by atoms with Crippen LogP contribution in [0.5, 0.6) is 0 Å². The van der Waals surface area contributed by atoms with Gasteiger partial charge in [0.25, 0.3) is 0 Å². The summed E-state index contributed by atoms with van der Waals surface area (Å²) in [5, 5.41) is -1.06. The van der Waals surface area contributed by atoms with Crippen LogP contribution in [0.25, 0.3) is 89.7 Å². The van der Waals surface area contributed by atoms with Crippen molar-refractivity contribution >= 4 is 230 Å². The summed E-state index contributed by atoms with van der Waals surface area (Å²) >= 11 is 107. The number of hydrogen-bond acceptors (Lipinski definition) is 6. The summed E-state index contributed by atoms with van der Waals surface area (Å²) in [7, 11) is 0. The van der Waals surface area contributed by atoms with E-state index in [2.05, 4.69) is 19.9 Å². The molecule has 3 aromatic heterocycles. The molecule has 8 bridgehead atoms. The predicted octanol–water partition coefficient (Wildman–Crippen LogP) is 16.6. The fourth-order valence-electron chi connectivity index (χ4n) is 6.10. The number of rotatable bonds is 0. The standard InChI is InChI=1S/C32Cl16N8.Mn/c33-9-1-2(10(34)18(42)17(9)41)26-49-25(1)53-27-3-4(12(36)20(44)19(43)11(3)35)29(50-27)55-31-7-8(16(40)24(48)23(47)15(7)39)32(52-31)56-30-6-5(28(51-30)54-26)13(37)21(45)22(46)14(6)38;/q-2;+2. The molecule has 8 nitrogen and oxygen atoms in total. The molecular weight excluding hydrogens is 1120 g/mol. The zero-order chi connectivity index (χ0) is 40.1. The van der Waals surface area contributed by atoms with Crippen LogP contribution >= 0.6 is 186 Å². The summed E-state index contributed by atoms with van der Waals surface area (Å²) in [5.41, 5.74) is -0.000693. The van der Waals surface area contributed by atoms with Gasteiger partial charge in [-0.1, -0.05) is 186 Å². The van der Waals surface area contributed by atoms with Gasteiger partial charge in [0.05, 0.1) is 104 Å². The molecule has 1 radical (unpaired) electrons. The first-order chi connectivity index (χ1) is 26.4. The molecule has 0 aliphatic carbocycles. The molecule has 0 unspecified atom stereocenters. The molecule has 2 aliphatic heterocycles. The Hall–Kier alpha value is -0.601. The van der Waals surface area contributed by atoms with Crippen LogP contribution in [0.3, 0.4) is 0 Å². The topological polar surface area (TPSA) is 106 Å². The van der Waals surface area contributed by atoms with Crippen LogP contribution < -0.4 is 9.97 Å². The van der Waals surface area contributed by atoms with E-state index in [-0.39, 0.29) is 187 Å². The van der Waals surface area contributed by atoms with Crippen LogP contribution in [0.4, 0.5) is 0 Å². The third kappa shape index (κ3) is 6.22. The minimum atomic E-state index is -0.109. The minimum Gasteiger partial charge on any atom is -0.357 e. The van der Waals surface area contributed by atoms with Gasteiger partial charge in [-0.3, -0.25) is 0 Å². The molecule has 2 aliphatic rings. The Bertz CT molecular complexity index is 2820. The summed E-state index contributed by atoms with van der Waals surface area (Å²) in [4.78, 5) is 37.7. The van der Waals surface area contributed by atoms with Crippen molar-refractivity contribution in [2.75, 3.05) is 0 Å². The van der Waals surface area contributed by atoms with Gasteiger partial charge in [0.1, 0.15) is 0 Å². The quantitative estimate of drug-likeness (QED) is 0.0840. The molecule has 0 spiro atoms. The SMILES string of the molecule is Clc1c(Cl)c(Cl)c2c(c1Cl)-c1nc-2nc2[n-]c(nc3nc(nc4[n-]c(n1)c1c(Cl)c(Cl)c(Cl)c(Cl)c41)-c1c(Cl)c(Cl)c(Cl)c(Cl)c1-3)c1c(Cl)c(Cl)c(Cl)c(Cl)c21.[Mn+2]. The largest absolute Gasteiger partial charge is 2.00 e. The molecule has 57 heavy (non-hydrogen) atoms. The molecule has 4 aromatic carbocycles. The second-order valence-electron chi connectivity index (χ2n) is 11.5. The first kappa shape index (κ1) is 43.1. The van der Waals surface area contributed by atoms with E-state index in [9.17, 15) is 0 Å². The van der Waals surface area contributed by atoms with Crippen molar-refractivity contribution in [1.82, 2.24) is 39.9 Å². The van der Waals surface area contributed by atoms with Crippen LogP contribution in [0.15, 0.2) is 0 Å². The maximum absolute atomic E-state index is 6.82. The van der Waals surface area contributed by atoms with Gasteiger partial charge in [-0.05, 0) is 0 Å². The van der Waals surface area contributed by atoms with Gasteiger partial charge in [-0.2, -0.15) is 0 Å². The number of fused-ring (bicyclic) bond motifs is 20. The molecule has 0 saturated carbocycles. The number of benzene rings is 4. The van der Waals surface area contributed by atoms with E-state index in [0.29, 0.717) is 0 Å². The van der Waals surface area contributed by atoms with Crippen LogP contribution in [0.1, 0.15) is 0 Å². The van der Waals surface area contributed by atoms with Gasteiger partial charge < -0.3 is 29.9 Å². The molecular formula is C32Cl16MnN8. The molecule has 0 fully saturated rings. The Labute approximate surface area is 408 Å². The van der Waals surface area contributed by atoms with Gasteiger partial charge in [0.15, 0.2) is 0 Å². The molecule has 25 heteroatoms. The van der Waals surface area contributed by atoms with Crippen molar-refractivity contribution in [2.45, 2.75) is 0 Å². The molecule has 287 valence electrons. The van der Waals surface area contributed by atoms with E-state index in [0.717, 1.165) is 0 Å². The molecule has 5 heterocycles. The van der Waals surface area contributed by atoms with E-state index in [4.69, 9.17) is 206 Å². The van der Waals surface area contributed by atoms with E-state index >= 15 is 0 Å². The summed E-state index contributed by atoms with van der Waals surface area (Å²) in [6, 6.07) is 0. The Morgan fingerprint density at radius 3 is 0.596 bits per heavy atom. The molecule has 0 amide bonds. The first-order valence-electron chi connectivity index (χ1n) is 14.6. The van der Waals surface area contributed by atoms with Gasteiger partial charge in [0, 0.05) is 66.4 Å². The Balaban J connectivity index is 0.00000455. The van der Waals surface area contributed by atoms with E-state index in [1.54, 1.807) is 0 Å². The molecule has 0 N–H and O–H groups in total. The van der Waals surface area contributed by atoms with Gasteiger partial charge in [0.2, 0.25) is 0 Å². The maximum Gasteiger partial charge on any atom is 2.00 e. The fraction of sp³-hybridized carbons (Fsp3) is 0. The summed E-state index contributed by atoms with van der Waals surface area (Å²) < 4.78 is 0. The van der Waals surface area contributed by atoms with Crippen LogP contribution in [0, 0.1) is 0 Å². The normalized spacial score (nSPS) is 12.1. The van der Waals surface area contributed by atoms with Crippen molar-refractivity contribution in [1.29, 1.82) is 0 Å². The third-order valence-corrected chi connectivity index (χ3v) is 15.8. The van der Waals surface area contributed by atoms with Crippen molar-refractivity contribution in [3.05, 3.63) is 80.4 Å². The van der Waals surface area contributed by atoms with Crippen molar-refractivity contribution in [3.8, 4) is 45.6 Å². The average molecular weight is 1120 g/mol. The van der Waals surface area contributed by atoms with Crippen LogP contribution in [-0.2, 0) is 17.1 Å². The summed E-state index contributed by atoms with van der Waals surface area (Å²) in [5.74, 6) is -0.437. The van der Waals surface area contributed by atoms with Crippen molar-refractivity contribution in [2.24, 2.45) is 0 Å². The zero-order valence-electron chi connectivity index (χ0n) is 26.0. The Kier molecular flexibility index (Phi) is 11.6.